The summed E-state index contributed by atoms with van der Waals surface area (Å²) in [6, 6.07) is 8.57. The van der Waals surface area contributed by atoms with Gasteiger partial charge in [0.2, 0.25) is 0 Å². The van der Waals surface area contributed by atoms with Crippen LogP contribution in [0.5, 0.6) is 0 Å². The van der Waals surface area contributed by atoms with E-state index in [-0.39, 0.29) is 5.60 Å². The van der Waals surface area contributed by atoms with E-state index in [0.29, 0.717) is 0 Å². The van der Waals surface area contributed by atoms with Gasteiger partial charge in [0.25, 0.3) is 0 Å². The lowest BCUT2D eigenvalue weighted by Gasteiger charge is -2.23. The molecule has 0 aliphatic heterocycles. The average Bonchev–Trinajstić information content (AvgIpc) is 2.29. The summed E-state index contributed by atoms with van der Waals surface area (Å²) in [5.41, 5.74) is 2.71. The molecule has 1 N–H and O–H groups in total. The highest BCUT2D eigenvalue weighted by Crippen LogP contribution is 2.10. The van der Waals surface area contributed by atoms with Crippen LogP contribution in [0.15, 0.2) is 24.3 Å². The normalized spacial score (nSPS) is 11.8. The van der Waals surface area contributed by atoms with E-state index in [2.05, 4.69) is 50.4 Å². The quantitative estimate of drug-likeness (QED) is 0.797. The van der Waals surface area contributed by atoms with E-state index >= 15 is 0 Å². The first-order chi connectivity index (χ1) is 7.59. The van der Waals surface area contributed by atoms with Gasteiger partial charge in [-0.1, -0.05) is 31.2 Å². The van der Waals surface area contributed by atoms with Crippen LogP contribution in [0.25, 0.3) is 0 Å². The van der Waals surface area contributed by atoms with Crippen molar-refractivity contribution in [2.24, 2.45) is 0 Å². The molecule has 16 heavy (non-hydrogen) atoms. The molecule has 1 rings (SSSR count). The molecule has 1 aromatic carbocycles. The van der Waals surface area contributed by atoms with Crippen LogP contribution >= 0.6 is 0 Å². The summed E-state index contributed by atoms with van der Waals surface area (Å²) in [4.78, 5) is 0. The van der Waals surface area contributed by atoms with E-state index in [9.17, 15) is 0 Å². The van der Waals surface area contributed by atoms with E-state index in [1.165, 1.54) is 11.1 Å². The van der Waals surface area contributed by atoms with Crippen LogP contribution in [-0.2, 0) is 17.7 Å². The van der Waals surface area contributed by atoms with Crippen molar-refractivity contribution in [2.75, 3.05) is 13.7 Å². The fraction of sp³-hybridized carbons (Fsp3) is 0.571. The van der Waals surface area contributed by atoms with E-state index in [0.717, 1.165) is 19.5 Å². The smallest absolute Gasteiger partial charge is 0.0746 e. The zero-order valence-electron chi connectivity index (χ0n) is 10.8. The molecule has 1 aromatic rings. The van der Waals surface area contributed by atoms with E-state index in [1.54, 1.807) is 7.11 Å². The van der Waals surface area contributed by atoms with Gasteiger partial charge in [-0.2, -0.15) is 0 Å². The van der Waals surface area contributed by atoms with Gasteiger partial charge in [-0.3, -0.25) is 0 Å². The molecule has 0 saturated carbocycles. The number of nitrogens with one attached hydrogen (secondary N) is 1. The van der Waals surface area contributed by atoms with Gasteiger partial charge in [0.1, 0.15) is 0 Å². The second-order valence-electron chi connectivity index (χ2n) is 4.69. The monoisotopic (exact) mass is 221 g/mol. The van der Waals surface area contributed by atoms with Gasteiger partial charge >= 0.3 is 0 Å². The molecule has 0 amide bonds. The Labute approximate surface area is 99.0 Å². The molecule has 0 spiro atoms. The lowest BCUT2D eigenvalue weighted by molar-refractivity contribution is 0.0230. The Morgan fingerprint density at radius 1 is 1.19 bits per heavy atom. The third kappa shape index (κ3) is 3.95. The Morgan fingerprint density at radius 2 is 1.81 bits per heavy atom. The van der Waals surface area contributed by atoms with Crippen LogP contribution in [0.2, 0.25) is 0 Å². The third-order valence-electron chi connectivity index (χ3n) is 2.92. The van der Waals surface area contributed by atoms with Crippen molar-refractivity contribution in [1.29, 1.82) is 0 Å². The number of aryl methyl sites for hydroxylation is 1. The summed E-state index contributed by atoms with van der Waals surface area (Å²) in [5, 5.41) is 3.44. The van der Waals surface area contributed by atoms with Crippen molar-refractivity contribution in [2.45, 2.75) is 39.3 Å². The Balaban J connectivity index is 2.49. The minimum Gasteiger partial charge on any atom is -0.377 e. The van der Waals surface area contributed by atoms with Crippen LogP contribution < -0.4 is 5.32 Å². The standard InChI is InChI=1S/C14H23NO/c1-5-12-8-6-7-9-13(12)10-15-11-14(2,3)16-4/h6-9,15H,5,10-11H2,1-4H3. The molecule has 2 nitrogen and oxygen atoms in total. The second-order valence-corrected chi connectivity index (χ2v) is 4.69. The Kier molecular flexibility index (Phi) is 4.97. The van der Waals surface area contributed by atoms with Crippen LogP contribution in [0.4, 0.5) is 0 Å². The fourth-order valence-corrected chi connectivity index (χ4v) is 1.65. The highest BCUT2D eigenvalue weighted by atomic mass is 16.5. The van der Waals surface area contributed by atoms with Gasteiger partial charge in [-0.15, -0.1) is 0 Å². The average molecular weight is 221 g/mol. The molecule has 0 aromatic heterocycles. The van der Waals surface area contributed by atoms with Crippen LogP contribution in [0, 0.1) is 0 Å². The summed E-state index contributed by atoms with van der Waals surface area (Å²) >= 11 is 0. The maximum Gasteiger partial charge on any atom is 0.0746 e. The van der Waals surface area contributed by atoms with Gasteiger partial charge in [-0.05, 0) is 31.4 Å². The fourth-order valence-electron chi connectivity index (χ4n) is 1.65. The topological polar surface area (TPSA) is 21.3 Å². The molecule has 0 aliphatic carbocycles. The molecular weight excluding hydrogens is 198 g/mol. The number of methoxy groups -OCH3 is 1. The number of rotatable bonds is 6. The summed E-state index contributed by atoms with van der Waals surface area (Å²) < 4.78 is 5.37. The number of benzene rings is 1. The summed E-state index contributed by atoms with van der Waals surface area (Å²) in [6.07, 6.45) is 1.09. The van der Waals surface area contributed by atoms with Gasteiger partial charge in [0.05, 0.1) is 5.60 Å². The molecule has 0 bridgehead atoms. The third-order valence-corrected chi connectivity index (χ3v) is 2.92. The van der Waals surface area contributed by atoms with E-state index in [1.807, 2.05) is 0 Å². The molecule has 0 heterocycles. The minimum atomic E-state index is -0.0961. The lowest BCUT2D eigenvalue weighted by atomic mass is 10.0. The van der Waals surface area contributed by atoms with Crippen molar-refractivity contribution in [3.63, 3.8) is 0 Å². The van der Waals surface area contributed by atoms with Crippen molar-refractivity contribution in [3.8, 4) is 0 Å². The summed E-state index contributed by atoms with van der Waals surface area (Å²) in [6.45, 7) is 8.15. The number of hydrogen-bond donors (Lipinski definition) is 1. The zero-order chi connectivity index (χ0) is 12.0. The largest absolute Gasteiger partial charge is 0.377 e. The number of hydrogen-bond acceptors (Lipinski definition) is 2. The van der Waals surface area contributed by atoms with Crippen LogP contribution in [0.1, 0.15) is 31.9 Å². The first-order valence-corrected chi connectivity index (χ1v) is 5.91. The Morgan fingerprint density at radius 3 is 2.38 bits per heavy atom. The Bertz CT molecular complexity index is 320. The first kappa shape index (κ1) is 13.2. The minimum absolute atomic E-state index is 0.0961. The maximum absolute atomic E-state index is 5.37. The predicted molar refractivity (Wildman–Crippen MR) is 68.6 cm³/mol. The molecule has 0 fully saturated rings. The highest BCUT2D eigenvalue weighted by Gasteiger charge is 2.15. The molecule has 0 atom stereocenters. The molecule has 0 radical (unpaired) electrons. The van der Waals surface area contributed by atoms with Gasteiger partial charge in [-0.25, -0.2) is 0 Å². The van der Waals surface area contributed by atoms with Gasteiger partial charge < -0.3 is 10.1 Å². The van der Waals surface area contributed by atoms with Crippen molar-refractivity contribution in [1.82, 2.24) is 5.32 Å². The summed E-state index contributed by atoms with van der Waals surface area (Å²) in [7, 11) is 1.75. The predicted octanol–water partition coefficient (Wildman–Crippen LogP) is 2.76. The van der Waals surface area contributed by atoms with Crippen LogP contribution in [0.3, 0.4) is 0 Å². The van der Waals surface area contributed by atoms with Gasteiger partial charge in [0.15, 0.2) is 0 Å². The molecule has 0 aliphatic rings. The number of ether oxygens (including phenoxy) is 1. The molecular formula is C14H23NO. The second kappa shape index (κ2) is 6.02. The highest BCUT2D eigenvalue weighted by molar-refractivity contribution is 5.26. The Hall–Kier alpha value is -0.860. The molecule has 2 heteroatoms. The molecule has 90 valence electrons. The van der Waals surface area contributed by atoms with Crippen LogP contribution in [-0.4, -0.2) is 19.3 Å². The van der Waals surface area contributed by atoms with Crippen molar-refractivity contribution >= 4 is 0 Å². The van der Waals surface area contributed by atoms with Crippen molar-refractivity contribution < 1.29 is 4.74 Å². The maximum atomic E-state index is 5.37. The van der Waals surface area contributed by atoms with E-state index < -0.39 is 0 Å². The van der Waals surface area contributed by atoms with Gasteiger partial charge in [0, 0.05) is 20.2 Å². The van der Waals surface area contributed by atoms with Crippen molar-refractivity contribution in [3.05, 3.63) is 35.4 Å². The van der Waals surface area contributed by atoms with E-state index in [4.69, 9.17) is 4.74 Å². The zero-order valence-corrected chi connectivity index (χ0v) is 10.8. The lowest BCUT2D eigenvalue weighted by Crippen LogP contribution is -2.36. The SMILES string of the molecule is CCc1ccccc1CNCC(C)(C)OC. The summed E-state index contributed by atoms with van der Waals surface area (Å²) in [5.74, 6) is 0. The molecule has 0 unspecified atom stereocenters. The first-order valence-electron chi connectivity index (χ1n) is 5.91. The molecule has 0 saturated heterocycles.